The Balaban J connectivity index is 1.51. The van der Waals surface area contributed by atoms with Crippen LogP contribution in [0.25, 0.3) is 0 Å². The van der Waals surface area contributed by atoms with E-state index < -0.39 is 0 Å². The number of thioether (sulfide) groups is 1. The zero-order valence-electron chi connectivity index (χ0n) is 14.0. The van der Waals surface area contributed by atoms with E-state index in [1.165, 1.54) is 11.1 Å². The van der Waals surface area contributed by atoms with E-state index in [1.54, 1.807) is 11.8 Å². The monoisotopic (exact) mass is 339 g/mol. The van der Waals surface area contributed by atoms with Crippen molar-refractivity contribution in [2.24, 2.45) is 7.05 Å². The number of rotatable bonds is 7. The van der Waals surface area contributed by atoms with Crippen LogP contribution >= 0.6 is 11.8 Å². The first-order valence-corrected chi connectivity index (χ1v) is 8.95. The van der Waals surface area contributed by atoms with Gasteiger partial charge in [-0.2, -0.15) is 0 Å². The van der Waals surface area contributed by atoms with Gasteiger partial charge < -0.3 is 9.30 Å². The molecule has 0 bridgehead atoms. The fourth-order valence-electron chi connectivity index (χ4n) is 2.40. The highest BCUT2D eigenvalue weighted by Crippen LogP contribution is 2.18. The summed E-state index contributed by atoms with van der Waals surface area (Å²) in [6, 6.07) is 18.4. The second kappa shape index (κ2) is 8.02. The Hall–Kier alpha value is -2.27. The van der Waals surface area contributed by atoms with E-state index in [0.717, 1.165) is 28.9 Å². The highest BCUT2D eigenvalue weighted by atomic mass is 32.2. The second-order valence-electron chi connectivity index (χ2n) is 5.63. The van der Waals surface area contributed by atoms with Gasteiger partial charge in [-0.1, -0.05) is 54.2 Å². The lowest BCUT2D eigenvalue weighted by molar-refractivity contribution is 0.343. The van der Waals surface area contributed by atoms with Crippen molar-refractivity contribution >= 4 is 11.8 Å². The topological polar surface area (TPSA) is 39.9 Å². The van der Waals surface area contributed by atoms with Gasteiger partial charge in [-0.3, -0.25) is 0 Å². The third-order valence-electron chi connectivity index (χ3n) is 3.70. The van der Waals surface area contributed by atoms with Crippen molar-refractivity contribution < 1.29 is 4.74 Å². The zero-order chi connectivity index (χ0) is 16.8. The summed E-state index contributed by atoms with van der Waals surface area (Å²) < 4.78 is 7.83. The van der Waals surface area contributed by atoms with E-state index >= 15 is 0 Å². The fraction of sp³-hybridized carbons (Fsp3) is 0.263. The van der Waals surface area contributed by atoms with Crippen LogP contribution in [0.4, 0.5) is 0 Å². The van der Waals surface area contributed by atoms with E-state index in [1.807, 2.05) is 43.4 Å². The molecule has 0 spiro atoms. The molecule has 5 heteroatoms. The Labute approximate surface area is 146 Å². The minimum absolute atomic E-state index is 0.648. The molecule has 1 heterocycles. The SMILES string of the molecule is Cc1cccc(OCCSc2nnc(Cc3ccccc3)n2C)c1. The van der Waals surface area contributed by atoms with Gasteiger partial charge in [0, 0.05) is 19.2 Å². The number of nitrogens with zero attached hydrogens (tertiary/aromatic N) is 3. The Morgan fingerprint density at radius 3 is 2.67 bits per heavy atom. The molecule has 0 saturated carbocycles. The van der Waals surface area contributed by atoms with Crippen LogP contribution in [-0.4, -0.2) is 27.1 Å². The van der Waals surface area contributed by atoms with E-state index in [9.17, 15) is 0 Å². The highest BCUT2D eigenvalue weighted by molar-refractivity contribution is 7.99. The van der Waals surface area contributed by atoms with Crippen molar-refractivity contribution in [3.8, 4) is 5.75 Å². The second-order valence-corrected chi connectivity index (χ2v) is 6.70. The quantitative estimate of drug-likeness (QED) is 0.484. The number of aryl methyl sites for hydroxylation is 1. The molecule has 0 unspecified atom stereocenters. The Morgan fingerprint density at radius 2 is 1.88 bits per heavy atom. The maximum absolute atomic E-state index is 5.77. The van der Waals surface area contributed by atoms with E-state index in [-0.39, 0.29) is 0 Å². The molecule has 0 aliphatic carbocycles. The van der Waals surface area contributed by atoms with Crippen LogP contribution < -0.4 is 4.74 Å². The first-order valence-electron chi connectivity index (χ1n) is 7.97. The predicted molar refractivity (Wildman–Crippen MR) is 97.6 cm³/mol. The summed E-state index contributed by atoms with van der Waals surface area (Å²) in [6.45, 7) is 2.71. The molecule has 1 aromatic heterocycles. The molecule has 0 aliphatic heterocycles. The standard InChI is InChI=1S/C19H21N3OS/c1-15-7-6-10-17(13-15)23-11-12-24-19-21-20-18(22(19)2)14-16-8-4-3-5-9-16/h3-10,13H,11-12,14H2,1-2H3. The van der Waals surface area contributed by atoms with E-state index in [2.05, 4.69) is 39.9 Å². The number of ether oxygens (including phenoxy) is 1. The number of benzene rings is 2. The lowest BCUT2D eigenvalue weighted by Crippen LogP contribution is -2.03. The molecule has 0 fully saturated rings. The van der Waals surface area contributed by atoms with Gasteiger partial charge in [0.15, 0.2) is 5.16 Å². The summed E-state index contributed by atoms with van der Waals surface area (Å²) in [4.78, 5) is 0. The van der Waals surface area contributed by atoms with Crippen LogP contribution in [-0.2, 0) is 13.5 Å². The minimum Gasteiger partial charge on any atom is -0.493 e. The van der Waals surface area contributed by atoms with E-state index in [0.29, 0.717) is 6.61 Å². The molecule has 2 aromatic carbocycles. The van der Waals surface area contributed by atoms with Crippen LogP contribution in [0, 0.1) is 6.92 Å². The van der Waals surface area contributed by atoms with Crippen molar-refractivity contribution in [2.45, 2.75) is 18.5 Å². The first-order chi connectivity index (χ1) is 11.7. The molecule has 0 radical (unpaired) electrons. The van der Waals surface area contributed by atoms with Gasteiger partial charge in [0.25, 0.3) is 0 Å². The molecular weight excluding hydrogens is 318 g/mol. The summed E-state index contributed by atoms with van der Waals surface area (Å²) in [5.41, 5.74) is 2.45. The predicted octanol–water partition coefficient (Wildman–Crippen LogP) is 3.89. The molecular formula is C19H21N3OS. The van der Waals surface area contributed by atoms with Crippen LogP contribution in [0.2, 0.25) is 0 Å². The normalized spacial score (nSPS) is 10.8. The van der Waals surface area contributed by atoms with Crippen LogP contribution in [0.1, 0.15) is 17.0 Å². The molecule has 0 saturated heterocycles. The summed E-state index contributed by atoms with van der Waals surface area (Å²) >= 11 is 1.67. The van der Waals surface area contributed by atoms with Gasteiger partial charge in [0.05, 0.1) is 6.61 Å². The Kier molecular flexibility index (Phi) is 5.54. The summed E-state index contributed by atoms with van der Waals surface area (Å²) in [6.07, 6.45) is 0.796. The molecule has 4 nitrogen and oxygen atoms in total. The van der Waals surface area contributed by atoms with Gasteiger partial charge in [0.2, 0.25) is 0 Å². The van der Waals surface area contributed by atoms with Crippen molar-refractivity contribution in [3.05, 3.63) is 71.5 Å². The molecule has 124 valence electrons. The van der Waals surface area contributed by atoms with Crippen molar-refractivity contribution in [2.75, 3.05) is 12.4 Å². The van der Waals surface area contributed by atoms with Gasteiger partial charge in [-0.05, 0) is 30.2 Å². The molecule has 0 aliphatic rings. The summed E-state index contributed by atoms with van der Waals surface area (Å²) in [5.74, 6) is 2.73. The number of hydrogen-bond donors (Lipinski definition) is 0. The maximum atomic E-state index is 5.77. The van der Waals surface area contributed by atoms with Crippen molar-refractivity contribution in [1.29, 1.82) is 0 Å². The molecule has 3 aromatic rings. The summed E-state index contributed by atoms with van der Waals surface area (Å²) in [7, 11) is 2.02. The average molecular weight is 339 g/mol. The van der Waals surface area contributed by atoms with Crippen LogP contribution in [0.5, 0.6) is 5.75 Å². The Bertz CT molecular complexity index is 786. The highest BCUT2D eigenvalue weighted by Gasteiger charge is 2.09. The third-order valence-corrected chi connectivity index (χ3v) is 4.69. The van der Waals surface area contributed by atoms with Gasteiger partial charge in [-0.15, -0.1) is 10.2 Å². The number of hydrogen-bond acceptors (Lipinski definition) is 4. The smallest absolute Gasteiger partial charge is 0.191 e. The van der Waals surface area contributed by atoms with Gasteiger partial charge in [0.1, 0.15) is 11.6 Å². The molecule has 0 atom stereocenters. The van der Waals surface area contributed by atoms with Crippen LogP contribution in [0.15, 0.2) is 59.8 Å². The first kappa shape index (κ1) is 16.6. The lowest BCUT2D eigenvalue weighted by Gasteiger charge is -2.07. The van der Waals surface area contributed by atoms with Gasteiger partial charge >= 0.3 is 0 Å². The van der Waals surface area contributed by atoms with Gasteiger partial charge in [-0.25, -0.2) is 0 Å². The Morgan fingerprint density at radius 1 is 1.04 bits per heavy atom. The molecule has 0 N–H and O–H groups in total. The molecule has 24 heavy (non-hydrogen) atoms. The summed E-state index contributed by atoms with van der Waals surface area (Å²) in [5, 5.41) is 9.53. The maximum Gasteiger partial charge on any atom is 0.191 e. The van der Waals surface area contributed by atoms with E-state index in [4.69, 9.17) is 4.74 Å². The van der Waals surface area contributed by atoms with Crippen molar-refractivity contribution in [3.63, 3.8) is 0 Å². The minimum atomic E-state index is 0.648. The average Bonchev–Trinajstić information content (AvgIpc) is 2.93. The fourth-order valence-corrected chi connectivity index (χ4v) is 3.15. The molecule has 0 amide bonds. The lowest BCUT2D eigenvalue weighted by atomic mass is 10.1. The largest absolute Gasteiger partial charge is 0.493 e. The van der Waals surface area contributed by atoms with Crippen LogP contribution in [0.3, 0.4) is 0 Å². The third kappa shape index (κ3) is 4.38. The van der Waals surface area contributed by atoms with Crippen molar-refractivity contribution in [1.82, 2.24) is 14.8 Å². The zero-order valence-corrected chi connectivity index (χ0v) is 14.8. The molecule has 3 rings (SSSR count). The number of aromatic nitrogens is 3.